The summed E-state index contributed by atoms with van der Waals surface area (Å²) >= 11 is 2.07. The van der Waals surface area contributed by atoms with Gasteiger partial charge in [0.15, 0.2) is 0 Å². The third kappa shape index (κ3) is 3.04. The van der Waals surface area contributed by atoms with Gasteiger partial charge in [0.1, 0.15) is 11.8 Å². The van der Waals surface area contributed by atoms with Crippen LogP contribution in [0.4, 0.5) is 0 Å². The van der Waals surface area contributed by atoms with Crippen LogP contribution in [0, 0.1) is 3.57 Å². The Bertz CT molecular complexity index is 535. The Morgan fingerprint density at radius 1 is 1.50 bits per heavy atom. The van der Waals surface area contributed by atoms with E-state index in [2.05, 4.69) is 27.9 Å². The van der Waals surface area contributed by atoms with E-state index < -0.39 is 6.04 Å². The summed E-state index contributed by atoms with van der Waals surface area (Å²) in [5.41, 5.74) is 0.202. The molecule has 0 aromatic heterocycles. The Balaban J connectivity index is 2.30. The van der Waals surface area contributed by atoms with Gasteiger partial charge in [-0.05, 0) is 40.8 Å². The molecule has 1 aliphatic rings. The van der Waals surface area contributed by atoms with E-state index in [0.717, 1.165) is 3.57 Å². The summed E-state index contributed by atoms with van der Waals surface area (Å²) in [6.07, 6.45) is 0. The molecule has 1 aromatic rings. The molecule has 20 heavy (non-hydrogen) atoms. The van der Waals surface area contributed by atoms with E-state index in [1.807, 2.05) is 0 Å². The van der Waals surface area contributed by atoms with E-state index in [-0.39, 0.29) is 29.7 Å². The summed E-state index contributed by atoms with van der Waals surface area (Å²) in [6.45, 7) is 0.863. The summed E-state index contributed by atoms with van der Waals surface area (Å²) in [5, 5.41) is 12.4. The average Bonchev–Trinajstić information content (AvgIpc) is 2.48. The van der Waals surface area contributed by atoms with Crippen LogP contribution in [-0.2, 0) is 9.53 Å². The number of amides is 2. The van der Waals surface area contributed by atoms with Crippen LogP contribution in [0.1, 0.15) is 10.4 Å². The molecule has 1 unspecified atom stereocenters. The van der Waals surface area contributed by atoms with Crippen LogP contribution in [0.5, 0.6) is 5.75 Å². The van der Waals surface area contributed by atoms with Crippen molar-refractivity contribution < 1.29 is 19.4 Å². The number of rotatable bonds is 2. The van der Waals surface area contributed by atoms with E-state index in [4.69, 9.17) is 4.74 Å². The molecule has 0 radical (unpaired) electrons. The molecule has 2 amide bonds. The Labute approximate surface area is 130 Å². The van der Waals surface area contributed by atoms with Crippen molar-refractivity contribution in [1.29, 1.82) is 0 Å². The zero-order valence-electron chi connectivity index (χ0n) is 10.9. The lowest BCUT2D eigenvalue weighted by molar-refractivity contribution is -0.130. The van der Waals surface area contributed by atoms with Crippen LogP contribution in [0.3, 0.4) is 0 Å². The molecule has 6 nitrogen and oxygen atoms in total. The van der Waals surface area contributed by atoms with Crippen LogP contribution >= 0.6 is 22.6 Å². The molecular weight excluding hydrogens is 375 g/mol. The second kappa shape index (κ2) is 6.40. The quantitative estimate of drug-likeness (QED) is 0.725. The van der Waals surface area contributed by atoms with E-state index in [1.54, 1.807) is 12.1 Å². The molecule has 7 heteroatoms. The van der Waals surface area contributed by atoms with Gasteiger partial charge in [-0.15, -0.1) is 0 Å². The van der Waals surface area contributed by atoms with Crippen molar-refractivity contribution in [2.24, 2.45) is 0 Å². The first kappa shape index (κ1) is 15.0. The van der Waals surface area contributed by atoms with E-state index >= 15 is 0 Å². The van der Waals surface area contributed by atoms with Gasteiger partial charge in [-0.25, -0.2) is 0 Å². The molecule has 1 aliphatic heterocycles. The van der Waals surface area contributed by atoms with Crippen molar-refractivity contribution in [2.45, 2.75) is 6.04 Å². The fourth-order valence-electron chi connectivity index (χ4n) is 2.06. The maximum Gasteiger partial charge on any atom is 0.258 e. The Morgan fingerprint density at radius 2 is 2.25 bits per heavy atom. The third-order valence-electron chi connectivity index (χ3n) is 3.13. The number of benzene rings is 1. The SMILES string of the molecule is CNC(=O)C1COCCN1C(=O)c1cc(I)ccc1O. The van der Waals surface area contributed by atoms with Gasteiger partial charge < -0.3 is 20.1 Å². The number of hydrogen-bond acceptors (Lipinski definition) is 4. The molecule has 1 heterocycles. The maximum atomic E-state index is 12.5. The predicted molar refractivity (Wildman–Crippen MR) is 80.5 cm³/mol. The lowest BCUT2D eigenvalue weighted by Crippen LogP contribution is -2.55. The van der Waals surface area contributed by atoms with Gasteiger partial charge in [-0.1, -0.05) is 0 Å². The fraction of sp³-hybridized carbons (Fsp3) is 0.385. The lowest BCUT2D eigenvalue weighted by atomic mass is 10.1. The van der Waals surface area contributed by atoms with Crippen molar-refractivity contribution in [3.63, 3.8) is 0 Å². The number of likely N-dealkylation sites (N-methyl/N-ethyl adjacent to an activating group) is 1. The minimum Gasteiger partial charge on any atom is -0.507 e. The summed E-state index contributed by atoms with van der Waals surface area (Å²) in [4.78, 5) is 25.8. The number of aromatic hydroxyl groups is 1. The number of morpholine rings is 1. The normalized spacial score (nSPS) is 18.7. The molecule has 1 saturated heterocycles. The standard InChI is InChI=1S/C13H15IN2O4/c1-15-12(18)10-7-20-5-4-16(10)13(19)9-6-8(14)2-3-11(9)17/h2-3,6,10,17H,4-5,7H2,1H3,(H,15,18). The zero-order valence-corrected chi connectivity index (χ0v) is 13.1. The fourth-order valence-corrected chi connectivity index (χ4v) is 2.56. The van der Waals surface area contributed by atoms with Crippen LogP contribution in [-0.4, -0.2) is 54.7 Å². The molecule has 1 fully saturated rings. The number of nitrogens with one attached hydrogen (secondary N) is 1. The van der Waals surface area contributed by atoms with Gasteiger partial charge in [-0.2, -0.15) is 0 Å². The average molecular weight is 390 g/mol. The minimum absolute atomic E-state index is 0.0856. The molecule has 1 atom stereocenters. The summed E-state index contributed by atoms with van der Waals surface area (Å²) in [5.74, 6) is -0.723. The number of halogens is 1. The highest BCUT2D eigenvalue weighted by Crippen LogP contribution is 2.23. The maximum absolute atomic E-state index is 12.5. The van der Waals surface area contributed by atoms with Crippen LogP contribution < -0.4 is 5.32 Å². The lowest BCUT2D eigenvalue weighted by Gasteiger charge is -2.34. The number of phenolic OH excluding ortho intramolecular Hbond substituents is 1. The Kier molecular flexibility index (Phi) is 4.81. The number of hydrogen-bond donors (Lipinski definition) is 2. The first-order valence-electron chi connectivity index (χ1n) is 6.13. The zero-order chi connectivity index (χ0) is 14.7. The molecular formula is C13H15IN2O4. The van der Waals surface area contributed by atoms with Crippen molar-refractivity contribution in [3.05, 3.63) is 27.3 Å². The molecule has 108 valence electrons. The van der Waals surface area contributed by atoms with Crippen molar-refractivity contribution in [2.75, 3.05) is 26.8 Å². The van der Waals surface area contributed by atoms with Crippen LogP contribution in [0.2, 0.25) is 0 Å². The topological polar surface area (TPSA) is 78.9 Å². The third-order valence-corrected chi connectivity index (χ3v) is 3.80. The Hall–Kier alpha value is -1.35. The van der Waals surface area contributed by atoms with Crippen LogP contribution in [0.25, 0.3) is 0 Å². The largest absolute Gasteiger partial charge is 0.507 e. The number of nitrogens with zero attached hydrogens (tertiary/aromatic N) is 1. The van der Waals surface area contributed by atoms with Crippen molar-refractivity contribution in [3.8, 4) is 5.75 Å². The summed E-state index contributed by atoms with van der Waals surface area (Å²) in [6, 6.07) is 4.12. The number of carbonyl (C=O) groups is 2. The van der Waals surface area contributed by atoms with Crippen LogP contribution in [0.15, 0.2) is 18.2 Å². The highest BCUT2D eigenvalue weighted by molar-refractivity contribution is 14.1. The van der Waals surface area contributed by atoms with Gasteiger partial charge in [0.05, 0.1) is 18.8 Å². The predicted octanol–water partition coefficient (Wildman–Crippen LogP) is 0.584. The Morgan fingerprint density at radius 3 is 2.95 bits per heavy atom. The second-order valence-corrected chi connectivity index (χ2v) is 5.61. The first-order valence-corrected chi connectivity index (χ1v) is 7.21. The highest BCUT2D eigenvalue weighted by atomic mass is 127. The summed E-state index contributed by atoms with van der Waals surface area (Å²) < 4.78 is 6.10. The molecule has 2 N–H and O–H groups in total. The molecule has 1 aromatic carbocycles. The monoisotopic (exact) mass is 390 g/mol. The van der Waals surface area contributed by atoms with E-state index in [1.165, 1.54) is 18.0 Å². The second-order valence-electron chi connectivity index (χ2n) is 4.36. The highest BCUT2D eigenvalue weighted by Gasteiger charge is 2.33. The number of phenols is 1. The first-order chi connectivity index (χ1) is 9.54. The van der Waals surface area contributed by atoms with Gasteiger partial charge >= 0.3 is 0 Å². The smallest absolute Gasteiger partial charge is 0.258 e. The minimum atomic E-state index is -0.668. The molecule has 2 rings (SSSR count). The van der Waals surface area contributed by atoms with Gasteiger partial charge in [-0.3, -0.25) is 9.59 Å². The summed E-state index contributed by atoms with van der Waals surface area (Å²) in [7, 11) is 1.52. The van der Waals surface area contributed by atoms with Crippen molar-refractivity contribution in [1.82, 2.24) is 10.2 Å². The molecule has 0 aliphatic carbocycles. The molecule has 0 spiro atoms. The number of ether oxygens (including phenoxy) is 1. The van der Waals surface area contributed by atoms with Gasteiger partial charge in [0, 0.05) is 17.2 Å². The van der Waals surface area contributed by atoms with Gasteiger partial charge in [0.2, 0.25) is 5.91 Å². The number of carbonyl (C=O) groups excluding carboxylic acids is 2. The molecule has 0 saturated carbocycles. The van der Waals surface area contributed by atoms with Crippen molar-refractivity contribution >= 4 is 34.4 Å². The van der Waals surface area contributed by atoms with E-state index in [9.17, 15) is 14.7 Å². The van der Waals surface area contributed by atoms with Gasteiger partial charge in [0.25, 0.3) is 5.91 Å². The molecule has 0 bridgehead atoms. The van der Waals surface area contributed by atoms with E-state index in [0.29, 0.717) is 13.2 Å².